The van der Waals surface area contributed by atoms with Crippen LogP contribution in [0.25, 0.3) is 16.6 Å². The second-order valence-electron chi connectivity index (χ2n) is 6.87. The van der Waals surface area contributed by atoms with Gasteiger partial charge in [-0.2, -0.15) is 5.26 Å². The Balaban J connectivity index is 1.54. The quantitative estimate of drug-likeness (QED) is 0.172. The average Bonchev–Trinajstić information content (AvgIpc) is 3.26. The molecule has 1 aromatic heterocycles. The molecule has 0 spiro atoms. The summed E-state index contributed by atoms with van der Waals surface area (Å²) in [5.41, 5.74) is 2.13. The lowest BCUT2D eigenvalue weighted by Crippen LogP contribution is -2.15. The van der Waals surface area contributed by atoms with Gasteiger partial charge >= 0.3 is 5.97 Å². The molecular weight excluding hydrogens is 422 g/mol. The smallest absolute Gasteiger partial charge is 0.324 e. The first kappa shape index (κ1) is 21.2. The highest BCUT2D eigenvalue weighted by Gasteiger charge is 2.24. The Morgan fingerprint density at radius 1 is 1.03 bits per heavy atom. The minimum atomic E-state index is -0.622. The summed E-state index contributed by atoms with van der Waals surface area (Å²) >= 11 is 1.36. The van der Waals surface area contributed by atoms with Crippen molar-refractivity contribution in [2.24, 2.45) is 0 Å². The lowest BCUT2D eigenvalue weighted by molar-refractivity contribution is -0.142. The number of nitrogens with zero attached hydrogens (tertiary/aromatic N) is 2. The third-order valence-corrected chi connectivity index (χ3v) is 5.94. The van der Waals surface area contributed by atoms with Crippen LogP contribution < -0.4 is 0 Å². The number of esters is 1. The van der Waals surface area contributed by atoms with Gasteiger partial charge in [0.05, 0.1) is 11.0 Å². The Morgan fingerprint density at radius 3 is 2.38 bits per heavy atom. The molecule has 158 valence electrons. The maximum absolute atomic E-state index is 13.0. The molecule has 1 heterocycles. The highest BCUT2D eigenvalue weighted by atomic mass is 32.2. The SMILES string of the molecule is N#C/C(=C(/O)COC(=O)C(Sc1ccccc1)c1ccccc1)c1nc2ccccc2[nH]1. The van der Waals surface area contributed by atoms with Crippen LogP contribution in [-0.2, 0) is 9.53 Å². The van der Waals surface area contributed by atoms with E-state index in [4.69, 9.17) is 4.74 Å². The van der Waals surface area contributed by atoms with Gasteiger partial charge in [0, 0.05) is 4.90 Å². The molecule has 0 aliphatic heterocycles. The molecule has 32 heavy (non-hydrogen) atoms. The van der Waals surface area contributed by atoms with Gasteiger partial charge in [-0.05, 0) is 29.8 Å². The minimum Gasteiger partial charge on any atom is -0.507 e. The molecule has 1 atom stereocenters. The van der Waals surface area contributed by atoms with Crippen molar-refractivity contribution >= 4 is 34.3 Å². The summed E-state index contributed by atoms with van der Waals surface area (Å²) in [6, 6.07) is 28.1. The van der Waals surface area contributed by atoms with Crippen molar-refractivity contribution in [3.8, 4) is 6.07 Å². The zero-order valence-corrected chi connectivity index (χ0v) is 17.8. The standard InChI is InChI=1S/C25H19N3O3S/c26-15-19(24-27-20-13-7-8-14-21(20)28-24)22(29)16-31-25(30)23(17-9-3-1-4-10-17)32-18-11-5-2-6-12-18/h1-14,23,29H,16H2,(H,27,28)/b22-19-. The van der Waals surface area contributed by atoms with Crippen molar-refractivity contribution in [3.05, 3.63) is 102 Å². The number of H-pyrrole nitrogens is 1. The third kappa shape index (κ3) is 4.82. The van der Waals surface area contributed by atoms with E-state index in [1.165, 1.54) is 11.8 Å². The van der Waals surface area contributed by atoms with Crippen LogP contribution in [0.4, 0.5) is 0 Å². The fourth-order valence-corrected chi connectivity index (χ4v) is 4.17. The van der Waals surface area contributed by atoms with Crippen molar-refractivity contribution in [1.82, 2.24) is 9.97 Å². The van der Waals surface area contributed by atoms with Gasteiger partial charge in [0.15, 0.2) is 11.6 Å². The summed E-state index contributed by atoms with van der Waals surface area (Å²) in [4.78, 5) is 21.2. The van der Waals surface area contributed by atoms with Crippen LogP contribution in [0.2, 0.25) is 0 Å². The maximum atomic E-state index is 13.0. The van der Waals surface area contributed by atoms with E-state index in [1.807, 2.05) is 84.9 Å². The molecule has 6 nitrogen and oxygen atoms in total. The zero-order chi connectivity index (χ0) is 22.3. The molecule has 0 radical (unpaired) electrons. The molecule has 0 saturated heterocycles. The predicted molar refractivity (Wildman–Crippen MR) is 124 cm³/mol. The van der Waals surface area contributed by atoms with Gasteiger partial charge < -0.3 is 14.8 Å². The number of aromatic amines is 1. The van der Waals surface area contributed by atoms with Crippen molar-refractivity contribution in [3.63, 3.8) is 0 Å². The number of fused-ring (bicyclic) bond motifs is 1. The summed E-state index contributed by atoms with van der Waals surface area (Å²) in [7, 11) is 0. The average molecular weight is 442 g/mol. The largest absolute Gasteiger partial charge is 0.507 e. The molecule has 0 aliphatic carbocycles. The number of benzene rings is 3. The number of aliphatic hydroxyl groups excluding tert-OH is 1. The summed E-state index contributed by atoms with van der Waals surface area (Å²) in [6.45, 7) is -0.433. The van der Waals surface area contributed by atoms with E-state index in [2.05, 4.69) is 9.97 Å². The van der Waals surface area contributed by atoms with Crippen LogP contribution in [0.1, 0.15) is 16.6 Å². The lowest BCUT2D eigenvalue weighted by atomic mass is 10.1. The Bertz CT molecular complexity index is 1260. The van der Waals surface area contributed by atoms with Crippen LogP contribution in [0.5, 0.6) is 0 Å². The highest BCUT2D eigenvalue weighted by molar-refractivity contribution is 8.00. The normalized spacial score (nSPS) is 12.6. The number of nitriles is 1. The zero-order valence-electron chi connectivity index (χ0n) is 16.9. The number of imidazole rings is 1. The first-order valence-corrected chi connectivity index (χ1v) is 10.7. The fraction of sp³-hybridized carbons (Fsp3) is 0.0800. The van der Waals surface area contributed by atoms with Gasteiger partial charge in [0.25, 0.3) is 0 Å². The minimum absolute atomic E-state index is 0.0685. The third-order valence-electron chi connectivity index (χ3n) is 4.69. The number of allylic oxidation sites excluding steroid dienone is 1. The van der Waals surface area contributed by atoms with Gasteiger partial charge in [-0.1, -0.05) is 60.7 Å². The van der Waals surface area contributed by atoms with Crippen molar-refractivity contribution in [1.29, 1.82) is 5.26 Å². The number of carbonyl (C=O) groups excluding carboxylic acids is 1. The molecule has 4 rings (SSSR count). The maximum Gasteiger partial charge on any atom is 0.324 e. The molecule has 0 saturated carbocycles. The molecule has 2 N–H and O–H groups in total. The van der Waals surface area contributed by atoms with E-state index in [-0.39, 0.29) is 17.2 Å². The van der Waals surface area contributed by atoms with E-state index < -0.39 is 17.8 Å². The number of para-hydroxylation sites is 2. The van der Waals surface area contributed by atoms with Gasteiger partial charge in [-0.25, -0.2) is 4.98 Å². The van der Waals surface area contributed by atoms with Gasteiger partial charge in [0.1, 0.15) is 23.5 Å². The first-order chi connectivity index (χ1) is 15.7. The molecule has 0 bridgehead atoms. The Morgan fingerprint density at radius 2 is 1.69 bits per heavy atom. The molecular formula is C25H19N3O3S. The van der Waals surface area contributed by atoms with Crippen LogP contribution in [0.3, 0.4) is 0 Å². The molecule has 1 unspecified atom stereocenters. The molecule has 3 aromatic carbocycles. The number of hydrogen-bond acceptors (Lipinski definition) is 6. The number of aliphatic hydroxyl groups is 1. The summed E-state index contributed by atoms with van der Waals surface area (Å²) < 4.78 is 5.41. The summed E-state index contributed by atoms with van der Waals surface area (Å²) in [6.07, 6.45) is 0. The number of aromatic nitrogens is 2. The topological polar surface area (TPSA) is 99.0 Å². The van der Waals surface area contributed by atoms with E-state index in [0.29, 0.717) is 5.52 Å². The van der Waals surface area contributed by atoms with Gasteiger partial charge in [0.2, 0.25) is 0 Å². The lowest BCUT2D eigenvalue weighted by Gasteiger charge is -2.16. The number of rotatable bonds is 7. The van der Waals surface area contributed by atoms with Crippen molar-refractivity contribution in [2.75, 3.05) is 6.61 Å². The van der Waals surface area contributed by atoms with Crippen LogP contribution in [0.15, 0.2) is 95.6 Å². The van der Waals surface area contributed by atoms with Crippen molar-refractivity contribution < 1.29 is 14.6 Å². The number of nitrogens with one attached hydrogen (secondary N) is 1. The summed E-state index contributed by atoms with van der Waals surface area (Å²) in [5.74, 6) is -0.657. The fourth-order valence-electron chi connectivity index (χ4n) is 3.13. The van der Waals surface area contributed by atoms with E-state index >= 15 is 0 Å². The Labute approximate surface area is 189 Å². The van der Waals surface area contributed by atoms with Crippen LogP contribution >= 0.6 is 11.8 Å². The second-order valence-corrected chi connectivity index (χ2v) is 8.04. The monoisotopic (exact) mass is 441 g/mol. The number of carbonyl (C=O) groups is 1. The molecule has 7 heteroatoms. The molecule has 4 aromatic rings. The van der Waals surface area contributed by atoms with E-state index in [9.17, 15) is 15.2 Å². The number of ether oxygens (including phenoxy) is 1. The van der Waals surface area contributed by atoms with Gasteiger partial charge in [-0.15, -0.1) is 11.8 Å². The van der Waals surface area contributed by atoms with E-state index in [0.717, 1.165) is 16.0 Å². The summed E-state index contributed by atoms with van der Waals surface area (Å²) in [5, 5.41) is 19.4. The first-order valence-electron chi connectivity index (χ1n) is 9.86. The predicted octanol–water partition coefficient (Wildman–Crippen LogP) is 5.43. The van der Waals surface area contributed by atoms with Crippen molar-refractivity contribution in [2.45, 2.75) is 10.1 Å². The molecule has 0 amide bonds. The van der Waals surface area contributed by atoms with Gasteiger partial charge in [-0.3, -0.25) is 4.79 Å². The Kier molecular flexibility index (Phi) is 6.54. The highest BCUT2D eigenvalue weighted by Crippen LogP contribution is 2.36. The van der Waals surface area contributed by atoms with Crippen LogP contribution in [0, 0.1) is 11.3 Å². The van der Waals surface area contributed by atoms with Crippen LogP contribution in [-0.4, -0.2) is 27.7 Å². The number of hydrogen-bond donors (Lipinski definition) is 2. The van der Waals surface area contributed by atoms with E-state index in [1.54, 1.807) is 6.07 Å². The number of thioether (sulfide) groups is 1. The molecule has 0 fully saturated rings. The Hall–Kier alpha value is -4.02. The molecule has 0 aliphatic rings. The second kappa shape index (κ2) is 9.86.